The third-order valence-corrected chi connectivity index (χ3v) is 5.65. The number of oxime groups is 1. The summed E-state index contributed by atoms with van der Waals surface area (Å²) in [6.07, 6.45) is 5.61. The Bertz CT molecular complexity index is 1360. The molecule has 4 aromatic rings. The molecule has 0 saturated heterocycles. The topological polar surface area (TPSA) is 78.5 Å². The van der Waals surface area contributed by atoms with E-state index in [2.05, 4.69) is 20.4 Å². The molecule has 0 fully saturated rings. The van der Waals surface area contributed by atoms with Crippen molar-refractivity contribution < 1.29 is 14.0 Å². The summed E-state index contributed by atoms with van der Waals surface area (Å²) in [4.78, 5) is 14.4. The Morgan fingerprint density at radius 3 is 2.81 bits per heavy atom. The molecule has 1 aliphatic heterocycles. The van der Waals surface area contributed by atoms with E-state index < -0.39 is 0 Å². The van der Waals surface area contributed by atoms with Gasteiger partial charge in [0.2, 0.25) is 5.88 Å². The molecule has 1 aromatic carbocycles. The first kappa shape index (κ1) is 20.0. The fourth-order valence-electron chi connectivity index (χ4n) is 3.98. The molecule has 1 unspecified atom stereocenters. The molecule has 4 heterocycles. The van der Waals surface area contributed by atoms with Crippen LogP contribution in [0.3, 0.4) is 0 Å². The summed E-state index contributed by atoms with van der Waals surface area (Å²) in [7, 11) is 3.48. The first-order valence-electron chi connectivity index (χ1n) is 10.2. The average Bonchev–Trinajstić information content (AvgIpc) is 3.37. The fraction of sp³-hybridized carbons (Fsp3) is 0.261. The van der Waals surface area contributed by atoms with E-state index in [4.69, 9.17) is 9.57 Å². The minimum Gasteiger partial charge on any atom is -0.479 e. The van der Waals surface area contributed by atoms with Crippen LogP contribution in [-0.4, -0.2) is 38.7 Å². The van der Waals surface area contributed by atoms with Crippen LogP contribution < -0.4 is 10.1 Å². The molecule has 0 amide bonds. The Labute approximate surface area is 184 Å². The number of methoxy groups -OCH3 is 1. The van der Waals surface area contributed by atoms with E-state index in [0.717, 1.165) is 27.8 Å². The Morgan fingerprint density at radius 2 is 2.06 bits per heavy atom. The van der Waals surface area contributed by atoms with Gasteiger partial charge >= 0.3 is 0 Å². The summed E-state index contributed by atoms with van der Waals surface area (Å²) < 4.78 is 23.4. The predicted molar refractivity (Wildman–Crippen MR) is 119 cm³/mol. The van der Waals surface area contributed by atoms with Crippen LogP contribution in [0.15, 0.2) is 48.1 Å². The molecule has 8 nitrogen and oxygen atoms in total. The van der Waals surface area contributed by atoms with E-state index in [9.17, 15) is 4.39 Å². The molecule has 0 radical (unpaired) electrons. The summed E-state index contributed by atoms with van der Waals surface area (Å²) in [6.45, 7) is 4.04. The number of benzene rings is 1. The number of aromatic nitrogens is 4. The molecular formula is C23H23FN6O2. The minimum atomic E-state index is -0.218. The molecule has 0 aliphatic carbocycles. The number of nitrogens with one attached hydrogen (secondary N) is 1. The Kier molecular flexibility index (Phi) is 4.80. The number of pyridine rings is 1. The number of aryl methyl sites for hydroxylation is 3. The fourth-order valence-corrected chi connectivity index (χ4v) is 3.98. The second kappa shape index (κ2) is 7.67. The van der Waals surface area contributed by atoms with Crippen molar-refractivity contribution in [3.8, 4) is 11.6 Å². The summed E-state index contributed by atoms with van der Waals surface area (Å²) in [5.41, 5.74) is 4.71. The van der Waals surface area contributed by atoms with Gasteiger partial charge in [0.1, 0.15) is 23.8 Å². The van der Waals surface area contributed by atoms with Gasteiger partial charge in [-0.25, -0.2) is 14.4 Å². The van der Waals surface area contributed by atoms with Crippen LogP contribution in [0, 0.1) is 19.7 Å². The zero-order valence-corrected chi connectivity index (χ0v) is 18.3. The Hall–Kier alpha value is -3.88. The van der Waals surface area contributed by atoms with Crippen molar-refractivity contribution in [1.29, 1.82) is 0 Å². The van der Waals surface area contributed by atoms with Gasteiger partial charge in [0.05, 0.1) is 30.7 Å². The number of hydrogen-bond donors (Lipinski definition) is 1. The van der Waals surface area contributed by atoms with Gasteiger partial charge in [-0.2, -0.15) is 0 Å². The van der Waals surface area contributed by atoms with Crippen LogP contribution in [0.25, 0.3) is 16.6 Å². The van der Waals surface area contributed by atoms with E-state index in [1.54, 1.807) is 26.4 Å². The van der Waals surface area contributed by atoms with Crippen LogP contribution >= 0.6 is 0 Å². The average molecular weight is 434 g/mol. The molecule has 164 valence electrons. The van der Waals surface area contributed by atoms with Gasteiger partial charge in [0.25, 0.3) is 0 Å². The van der Waals surface area contributed by atoms with E-state index in [0.29, 0.717) is 29.6 Å². The summed E-state index contributed by atoms with van der Waals surface area (Å²) >= 11 is 0. The van der Waals surface area contributed by atoms with Crippen LogP contribution in [0.4, 0.5) is 4.39 Å². The molecule has 1 aliphatic rings. The Balaban J connectivity index is 1.48. The third-order valence-electron chi connectivity index (χ3n) is 5.65. The summed E-state index contributed by atoms with van der Waals surface area (Å²) in [5.74, 6) is 0.733. The largest absolute Gasteiger partial charge is 0.479 e. The van der Waals surface area contributed by atoms with E-state index >= 15 is 0 Å². The van der Waals surface area contributed by atoms with Crippen molar-refractivity contribution in [2.24, 2.45) is 12.2 Å². The Morgan fingerprint density at radius 1 is 1.22 bits per heavy atom. The van der Waals surface area contributed by atoms with Gasteiger partial charge in [0, 0.05) is 30.4 Å². The van der Waals surface area contributed by atoms with Crippen molar-refractivity contribution in [1.82, 2.24) is 24.4 Å². The molecule has 9 heteroatoms. The molecule has 5 rings (SSSR count). The number of ether oxygens (including phenoxy) is 1. The number of nitrogens with zero attached hydrogens (tertiary/aromatic N) is 5. The number of fused-ring (bicyclic) bond motifs is 1. The van der Waals surface area contributed by atoms with Crippen LogP contribution in [0.5, 0.6) is 5.88 Å². The molecule has 1 N–H and O–H groups in total. The van der Waals surface area contributed by atoms with Crippen molar-refractivity contribution >= 4 is 16.7 Å². The lowest BCUT2D eigenvalue weighted by Crippen LogP contribution is -2.36. The monoisotopic (exact) mass is 434 g/mol. The first-order valence-corrected chi connectivity index (χ1v) is 10.2. The lowest BCUT2D eigenvalue weighted by molar-refractivity contribution is 0.109. The standard InChI is InChI=1S/C23H23FN6O2/c1-13-7-15-16(10-29(3)21(15)8-17(13)24)19-11-32-28-22(26-19)18-5-6-20(23(27-18)31-4)30-9-14(2)25-12-30/h5-10,12,19H,11H2,1-4H3,(H,26,28). The highest BCUT2D eigenvalue weighted by Crippen LogP contribution is 2.30. The number of halogens is 1. The van der Waals surface area contributed by atoms with Gasteiger partial charge in [-0.05, 0) is 43.7 Å². The van der Waals surface area contributed by atoms with Crippen LogP contribution in [0.1, 0.15) is 28.6 Å². The highest BCUT2D eigenvalue weighted by molar-refractivity contribution is 5.98. The third kappa shape index (κ3) is 3.35. The van der Waals surface area contributed by atoms with Gasteiger partial charge < -0.3 is 24.0 Å². The smallest absolute Gasteiger partial charge is 0.238 e. The number of rotatable bonds is 4. The SMILES string of the molecule is COc1nc(C2=NOCC(c3cn(C)c4cc(F)c(C)cc34)N2)ccc1-n1cnc(C)c1. The van der Waals surface area contributed by atoms with E-state index in [1.165, 1.54) is 0 Å². The second-order valence-corrected chi connectivity index (χ2v) is 7.89. The van der Waals surface area contributed by atoms with Gasteiger partial charge in [0.15, 0.2) is 5.84 Å². The van der Waals surface area contributed by atoms with Gasteiger partial charge in [-0.3, -0.25) is 0 Å². The highest BCUT2D eigenvalue weighted by Gasteiger charge is 2.25. The normalized spacial score (nSPS) is 15.9. The van der Waals surface area contributed by atoms with E-state index in [-0.39, 0.29) is 11.9 Å². The van der Waals surface area contributed by atoms with Gasteiger partial charge in [-0.1, -0.05) is 5.16 Å². The maximum atomic E-state index is 14.1. The quantitative estimate of drug-likeness (QED) is 0.532. The molecule has 32 heavy (non-hydrogen) atoms. The maximum Gasteiger partial charge on any atom is 0.238 e. The molecule has 0 saturated carbocycles. The lowest BCUT2D eigenvalue weighted by atomic mass is 10.0. The molecule has 0 bridgehead atoms. The molecular weight excluding hydrogens is 411 g/mol. The van der Waals surface area contributed by atoms with E-state index in [1.807, 2.05) is 53.7 Å². The van der Waals surface area contributed by atoms with Crippen LogP contribution in [0.2, 0.25) is 0 Å². The predicted octanol–water partition coefficient (Wildman–Crippen LogP) is 3.55. The van der Waals surface area contributed by atoms with Crippen molar-refractivity contribution in [2.75, 3.05) is 13.7 Å². The maximum absolute atomic E-state index is 14.1. The second-order valence-electron chi connectivity index (χ2n) is 7.89. The van der Waals surface area contributed by atoms with Crippen molar-refractivity contribution in [3.63, 3.8) is 0 Å². The molecule has 3 aromatic heterocycles. The minimum absolute atomic E-state index is 0.167. The summed E-state index contributed by atoms with van der Waals surface area (Å²) in [6, 6.07) is 7.03. The van der Waals surface area contributed by atoms with Crippen molar-refractivity contribution in [3.05, 3.63) is 71.3 Å². The number of hydrogen-bond acceptors (Lipinski definition) is 6. The number of amidine groups is 1. The summed E-state index contributed by atoms with van der Waals surface area (Å²) in [5, 5.41) is 8.58. The zero-order chi connectivity index (χ0) is 22.4. The van der Waals surface area contributed by atoms with Crippen LogP contribution in [-0.2, 0) is 11.9 Å². The number of imidazole rings is 1. The molecule has 0 spiro atoms. The molecule has 1 atom stereocenters. The van der Waals surface area contributed by atoms with Crippen molar-refractivity contribution in [2.45, 2.75) is 19.9 Å². The lowest BCUT2D eigenvalue weighted by Gasteiger charge is -2.24. The zero-order valence-electron chi connectivity index (χ0n) is 18.3. The van der Waals surface area contributed by atoms with Gasteiger partial charge in [-0.15, -0.1) is 0 Å². The highest BCUT2D eigenvalue weighted by atomic mass is 19.1. The first-order chi connectivity index (χ1) is 15.4.